The van der Waals surface area contributed by atoms with Crippen LogP contribution < -0.4 is 0 Å². The van der Waals surface area contributed by atoms with Gasteiger partial charge in [0, 0.05) is 27.2 Å². The third-order valence-corrected chi connectivity index (χ3v) is 25.8. The van der Waals surface area contributed by atoms with Crippen molar-refractivity contribution in [2.75, 3.05) is 0 Å². The maximum Gasteiger partial charge on any atom is 0.143 e. The van der Waals surface area contributed by atoms with E-state index >= 15 is 0 Å². The number of fused-ring (bicyclic) bond motifs is 19. The van der Waals surface area contributed by atoms with Gasteiger partial charge in [0.1, 0.15) is 11.2 Å². The van der Waals surface area contributed by atoms with Crippen LogP contribution >= 0.6 is 0 Å². The highest BCUT2D eigenvalue weighted by atomic mass is 16.3. The lowest BCUT2D eigenvalue weighted by atomic mass is 9.81. The van der Waals surface area contributed by atoms with Crippen LogP contribution in [-0.4, -0.2) is 0 Å². The van der Waals surface area contributed by atoms with Crippen molar-refractivity contribution in [3.63, 3.8) is 0 Å². The van der Waals surface area contributed by atoms with Gasteiger partial charge in [-0.05, 0) is 268 Å². The van der Waals surface area contributed by atoms with Gasteiger partial charge in [0.25, 0.3) is 0 Å². The van der Waals surface area contributed by atoms with E-state index < -0.39 is 0 Å². The predicted octanol–water partition coefficient (Wildman–Crippen LogP) is 31.9. The standard InChI is InChI=1S/C57H38O.C57H38/c1-57(2)50-30-15-27-39(55(50)49-33-35-16-3-4-17-36(35)34-51(49)57)37-18-13-19-38(32-37)53-43-23-7-9-25-45(43)54(46-26-10-8-24-44(46)53)42-22-6-5-20-40(42)47-28-14-29-48-41-21-11-12-31-52(41)58-56(47)48;1-57(2)52-27-13-24-42(56(52)51-33-37-16-5-6-17-38(37)34-53(51)57)39-18-11-19-41(31-39)54-46-20-7-9-22-48(46)55(49-23-10-8-21-47(49)54)45-26-12-25-43-44(45)29-28-40-30-35-14-3-4-15-36(35)32-50(40)43/h3-34H,1-2H3;3-34H,1-2H3. The summed E-state index contributed by atoms with van der Waals surface area (Å²) in [5.74, 6) is 0. The second-order valence-electron chi connectivity index (χ2n) is 32.8. The lowest BCUT2D eigenvalue weighted by Gasteiger charge is -2.22. The molecule has 2 aliphatic carbocycles. The Labute approximate surface area is 667 Å². The normalized spacial score (nSPS) is 13.2. The van der Waals surface area contributed by atoms with Gasteiger partial charge in [0.15, 0.2) is 0 Å². The molecule has 21 aromatic carbocycles. The molecular formula is C114H76O. The summed E-state index contributed by atoms with van der Waals surface area (Å²) in [7, 11) is 0. The van der Waals surface area contributed by atoms with Gasteiger partial charge in [-0.15, -0.1) is 0 Å². The zero-order chi connectivity index (χ0) is 76.4. The summed E-state index contributed by atoms with van der Waals surface area (Å²) in [6, 6.07) is 144. The number of rotatable bonds is 7. The van der Waals surface area contributed by atoms with Crippen molar-refractivity contribution in [1.82, 2.24) is 0 Å². The van der Waals surface area contributed by atoms with E-state index in [2.05, 4.69) is 410 Å². The quantitative estimate of drug-likeness (QED) is 0.114. The molecule has 1 aromatic heterocycles. The molecule has 1 heterocycles. The highest BCUT2D eigenvalue weighted by Gasteiger charge is 2.39. The Morgan fingerprint density at radius 3 is 1.02 bits per heavy atom. The fourth-order valence-corrected chi connectivity index (χ4v) is 20.5. The molecule has 538 valence electrons. The first-order chi connectivity index (χ1) is 56.6. The molecule has 0 atom stereocenters. The first kappa shape index (κ1) is 66.5. The van der Waals surface area contributed by atoms with Crippen LogP contribution in [-0.2, 0) is 10.8 Å². The molecule has 0 saturated heterocycles. The molecule has 1 nitrogen and oxygen atoms in total. The highest BCUT2D eigenvalue weighted by Crippen LogP contribution is 2.57. The Morgan fingerprint density at radius 1 is 0.165 bits per heavy atom. The Morgan fingerprint density at radius 2 is 0.513 bits per heavy atom. The van der Waals surface area contributed by atoms with Crippen molar-refractivity contribution in [3.8, 4) is 100 Å². The molecule has 0 radical (unpaired) electrons. The fourth-order valence-electron chi connectivity index (χ4n) is 20.5. The molecule has 0 saturated carbocycles. The largest absolute Gasteiger partial charge is 0.455 e. The van der Waals surface area contributed by atoms with Crippen molar-refractivity contribution >= 4 is 119 Å². The van der Waals surface area contributed by atoms with Gasteiger partial charge in [-0.25, -0.2) is 0 Å². The molecule has 22 aromatic rings. The van der Waals surface area contributed by atoms with Gasteiger partial charge in [-0.2, -0.15) is 0 Å². The molecule has 0 aliphatic heterocycles. The van der Waals surface area contributed by atoms with E-state index in [1.165, 1.54) is 208 Å². The highest BCUT2D eigenvalue weighted by molar-refractivity contribution is 6.27. The van der Waals surface area contributed by atoms with Crippen LogP contribution in [0.25, 0.3) is 219 Å². The number of benzene rings is 21. The minimum atomic E-state index is -0.100. The second kappa shape index (κ2) is 25.7. The monoisotopic (exact) mass is 1460 g/mol. The number of furan rings is 1. The van der Waals surface area contributed by atoms with E-state index in [4.69, 9.17) is 4.42 Å². The average molecular weight is 1460 g/mol. The van der Waals surface area contributed by atoms with Crippen molar-refractivity contribution in [2.24, 2.45) is 0 Å². The number of hydrogen-bond donors (Lipinski definition) is 0. The molecule has 1 heteroatoms. The zero-order valence-electron chi connectivity index (χ0n) is 64.4. The van der Waals surface area contributed by atoms with Crippen LogP contribution in [0, 0.1) is 0 Å². The van der Waals surface area contributed by atoms with Crippen LogP contribution in [0.15, 0.2) is 393 Å². The minimum absolute atomic E-state index is 0.0910. The summed E-state index contributed by atoms with van der Waals surface area (Å²) in [5.41, 5.74) is 29.9. The Bertz CT molecular complexity index is 7800. The SMILES string of the molecule is CC1(C)c2cc3ccccc3cc2-c2c(-c3cccc(-c4c5ccccc5c(-c5cccc6c5ccc5cc7ccccc7cc56)c5ccccc45)c3)cccc21.CC1(C)c2cc3ccccc3cc2-c2c(-c3cccc(-c4c5ccccc5c(-c5ccccc5-c5cccc6c5oc5ccccc56)c5ccccc45)c3)cccc21. The molecule has 0 fully saturated rings. The first-order valence-electron chi connectivity index (χ1n) is 40.3. The molecule has 0 N–H and O–H groups in total. The Kier molecular flexibility index (Phi) is 14.8. The summed E-state index contributed by atoms with van der Waals surface area (Å²) in [4.78, 5) is 0. The van der Waals surface area contributed by atoms with Crippen molar-refractivity contribution in [3.05, 3.63) is 411 Å². The van der Waals surface area contributed by atoms with E-state index in [9.17, 15) is 0 Å². The topological polar surface area (TPSA) is 13.1 Å². The second-order valence-corrected chi connectivity index (χ2v) is 32.8. The summed E-state index contributed by atoms with van der Waals surface area (Å²) < 4.78 is 6.61. The minimum Gasteiger partial charge on any atom is -0.455 e. The molecule has 0 spiro atoms. The molecule has 0 bridgehead atoms. The average Bonchev–Trinajstić information content (AvgIpc) is 1.66. The summed E-state index contributed by atoms with van der Waals surface area (Å²) in [6.45, 7) is 9.52. The Hall–Kier alpha value is -14.2. The lowest BCUT2D eigenvalue weighted by molar-refractivity contribution is 0.661. The number of hydrogen-bond acceptors (Lipinski definition) is 1. The molecule has 24 rings (SSSR count). The molecule has 0 amide bonds. The van der Waals surface area contributed by atoms with Gasteiger partial charge in [0.2, 0.25) is 0 Å². The van der Waals surface area contributed by atoms with Crippen LogP contribution in [0.2, 0.25) is 0 Å². The van der Waals surface area contributed by atoms with Crippen molar-refractivity contribution < 1.29 is 4.42 Å². The van der Waals surface area contributed by atoms with Crippen LogP contribution in [0.1, 0.15) is 49.9 Å². The van der Waals surface area contributed by atoms with Crippen LogP contribution in [0.5, 0.6) is 0 Å². The maximum absolute atomic E-state index is 6.61. The maximum atomic E-state index is 6.61. The van der Waals surface area contributed by atoms with E-state index in [1.807, 2.05) is 6.07 Å². The van der Waals surface area contributed by atoms with E-state index in [0.717, 1.165) is 33.1 Å². The number of para-hydroxylation sites is 2. The van der Waals surface area contributed by atoms with E-state index in [1.54, 1.807) is 0 Å². The van der Waals surface area contributed by atoms with E-state index in [0.29, 0.717) is 0 Å². The van der Waals surface area contributed by atoms with Crippen LogP contribution in [0.4, 0.5) is 0 Å². The molecule has 115 heavy (non-hydrogen) atoms. The third-order valence-electron chi connectivity index (χ3n) is 25.8. The third kappa shape index (κ3) is 10.2. The van der Waals surface area contributed by atoms with Gasteiger partial charge in [-0.1, -0.05) is 361 Å². The summed E-state index contributed by atoms with van der Waals surface area (Å²) >= 11 is 0. The van der Waals surface area contributed by atoms with Crippen LogP contribution in [0.3, 0.4) is 0 Å². The summed E-state index contributed by atoms with van der Waals surface area (Å²) in [5, 5.41) is 25.1. The fraction of sp³-hybridized carbons (Fsp3) is 0.0526. The molecule has 2 aliphatic rings. The van der Waals surface area contributed by atoms with Crippen molar-refractivity contribution in [2.45, 2.75) is 38.5 Å². The van der Waals surface area contributed by atoms with Gasteiger partial charge >= 0.3 is 0 Å². The lowest BCUT2D eigenvalue weighted by Crippen LogP contribution is -2.14. The summed E-state index contributed by atoms with van der Waals surface area (Å²) in [6.07, 6.45) is 0. The smallest absolute Gasteiger partial charge is 0.143 e. The molecule has 0 unspecified atom stereocenters. The first-order valence-corrected chi connectivity index (χ1v) is 40.3. The zero-order valence-corrected chi connectivity index (χ0v) is 64.4. The van der Waals surface area contributed by atoms with Gasteiger partial charge in [0.05, 0.1) is 0 Å². The predicted molar refractivity (Wildman–Crippen MR) is 491 cm³/mol. The molecular weight excluding hydrogens is 1390 g/mol. The van der Waals surface area contributed by atoms with Gasteiger partial charge < -0.3 is 4.42 Å². The Balaban J connectivity index is 0.000000136. The van der Waals surface area contributed by atoms with Crippen molar-refractivity contribution in [1.29, 1.82) is 0 Å². The van der Waals surface area contributed by atoms with E-state index in [-0.39, 0.29) is 10.8 Å². The van der Waals surface area contributed by atoms with Gasteiger partial charge in [-0.3, -0.25) is 0 Å².